The third kappa shape index (κ3) is 5.50. The van der Waals surface area contributed by atoms with Crippen molar-refractivity contribution in [1.29, 1.82) is 0 Å². The van der Waals surface area contributed by atoms with Crippen LogP contribution in [0.5, 0.6) is 0 Å². The zero-order valence-corrected chi connectivity index (χ0v) is 18.9. The van der Waals surface area contributed by atoms with Gasteiger partial charge in [0.1, 0.15) is 0 Å². The average molecular weight is 447 g/mol. The van der Waals surface area contributed by atoms with Gasteiger partial charge in [-0.25, -0.2) is 0 Å². The van der Waals surface area contributed by atoms with Gasteiger partial charge >= 0.3 is 0 Å². The molecule has 2 aliphatic heterocycles. The van der Waals surface area contributed by atoms with Gasteiger partial charge in [0, 0.05) is 61.5 Å². The van der Waals surface area contributed by atoms with Gasteiger partial charge in [-0.2, -0.15) is 0 Å². The van der Waals surface area contributed by atoms with E-state index >= 15 is 0 Å². The summed E-state index contributed by atoms with van der Waals surface area (Å²) in [5, 5.41) is 14.5. The van der Waals surface area contributed by atoms with Crippen molar-refractivity contribution in [2.75, 3.05) is 50.1 Å². The molecule has 4 rings (SSSR count). The Bertz CT molecular complexity index is 1070. The second-order valence-electron chi connectivity index (χ2n) is 8.40. The number of aliphatic hydroxyl groups is 1. The van der Waals surface area contributed by atoms with Crippen LogP contribution in [0.25, 0.3) is 11.6 Å². The maximum absolute atomic E-state index is 12.6. The molecule has 33 heavy (non-hydrogen) atoms. The molecule has 2 aromatic carbocycles. The van der Waals surface area contributed by atoms with Gasteiger partial charge in [0.25, 0.3) is 11.8 Å². The Hall–Kier alpha value is -3.42. The van der Waals surface area contributed by atoms with Crippen molar-refractivity contribution in [2.45, 2.75) is 12.8 Å². The first kappa shape index (κ1) is 22.8. The summed E-state index contributed by atoms with van der Waals surface area (Å²) in [4.78, 5) is 29.6. The zero-order chi connectivity index (χ0) is 23.2. The van der Waals surface area contributed by atoms with Crippen LogP contribution >= 0.6 is 0 Å². The summed E-state index contributed by atoms with van der Waals surface area (Å²) in [6.07, 6.45) is 7.04. The molecule has 0 atom stereocenters. The predicted octanol–water partition coefficient (Wildman–Crippen LogP) is 2.95. The Balaban J connectivity index is 1.51. The van der Waals surface area contributed by atoms with Crippen molar-refractivity contribution in [3.63, 3.8) is 0 Å². The number of imide groups is 1. The lowest BCUT2D eigenvalue weighted by Crippen LogP contribution is -2.44. The molecule has 0 spiro atoms. The molecule has 0 bridgehead atoms. The Kier molecular flexibility index (Phi) is 7.22. The molecular weight excluding hydrogens is 416 g/mol. The largest absolute Gasteiger partial charge is 0.396 e. The second kappa shape index (κ2) is 10.5. The summed E-state index contributed by atoms with van der Waals surface area (Å²) in [6, 6.07) is 13.6. The summed E-state index contributed by atoms with van der Waals surface area (Å²) < 4.78 is 0. The van der Waals surface area contributed by atoms with Gasteiger partial charge in [-0.15, -0.1) is 0 Å². The number of fused-ring (bicyclic) bond motifs is 1. The number of nitrogens with one attached hydrogen (secondary N) is 2. The molecule has 2 aliphatic rings. The summed E-state index contributed by atoms with van der Waals surface area (Å²) in [7, 11) is 2.14. The van der Waals surface area contributed by atoms with Crippen molar-refractivity contribution in [2.24, 2.45) is 0 Å². The third-order valence-electron chi connectivity index (χ3n) is 6.01. The molecule has 0 radical (unpaired) electrons. The molecule has 1 saturated heterocycles. The van der Waals surface area contributed by atoms with Gasteiger partial charge in [-0.1, -0.05) is 18.2 Å². The van der Waals surface area contributed by atoms with Crippen molar-refractivity contribution in [1.82, 2.24) is 10.2 Å². The Morgan fingerprint density at radius 1 is 1.00 bits per heavy atom. The number of hydrogen-bond acceptors (Lipinski definition) is 6. The van der Waals surface area contributed by atoms with Gasteiger partial charge in [0.05, 0.1) is 5.57 Å². The van der Waals surface area contributed by atoms with Crippen LogP contribution in [-0.4, -0.2) is 61.7 Å². The molecule has 0 saturated carbocycles. The molecule has 0 aliphatic carbocycles. The predicted molar refractivity (Wildman–Crippen MR) is 132 cm³/mol. The fourth-order valence-corrected chi connectivity index (χ4v) is 4.01. The summed E-state index contributed by atoms with van der Waals surface area (Å²) in [6.45, 7) is 4.28. The van der Waals surface area contributed by atoms with E-state index in [0.717, 1.165) is 43.9 Å². The Morgan fingerprint density at radius 2 is 1.76 bits per heavy atom. The van der Waals surface area contributed by atoms with Crippen molar-refractivity contribution < 1.29 is 14.7 Å². The Labute approximate surface area is 194 Å². The van der Waals surface area contributed by atoms with E-state index in [1.807, 2.05) is 36.4 Å². The van der Waals surface area contributed by atoms with Gasteiger partial charge in [-0.3, -0.25) is 14.9 Å². The highest BCUT2D eigenvalue weighted by Gasteiger charge is 2.27. The van der Waals surface area contributed by atoms with Crippen LogP contribution < -0.4 is 15.5 Å². The highest BCUT2D eigenvalue weighted by molar-refractivity contribution is 6.31. The number of unbranched alkanes of at least 4 members (excludes halogenated alkanes) is 1. The van der Waals surface area contributed by atoms with Crippen LogP contribution in [0.4, 0.5) is 11.4 Å². The van der Waals surface area contributed by atoms with Crippen molar-refractivity contribution >= 4 is 34.8 Å². The number of carbonyl (C=O) groups excluding carboxylic acids is 2. The minimum Gasteiger partial charge on any atom is -0.396 e. The number of piperazine rings is 1. The maximum Gasteiger partial charge on any atom is 0.260 e. The quantitative estimate of drug-likeness (QED) is 0.345. The molecule has 1 fully saturated rings. The highest BCUT2D eigenvalue weighted by atomic mass is 16.3. The minimum absolute atomic E-state index is 0.151. The number of hydrogen-bond donors (Lipinski definition) is 3. The molecule has 2 aromatic rings. The number of anilines is 2. The van der Waals surface area contributed by atoms with Gasteiger partial charge < -0.3 is 20.2 Å². The average Bonchev–Trinajstić information content (AvgIpc) is 2.82. The first-order valence-corrected chi connectivity index (χ1v) is 11.3. The van der Waals surface area contributed by atoms with E-state index in [1.54, 1.807) is 12.3 Å². The molecule has 172 valence electrons. The first-order chi connectivity index (χ1) is 16.0. The van der Waals surface area contributed by atoms with E-state index in [0.29, 0.717) is 23.1 Å². The normalized spacial score (nSPS) is 18.0. The van der Waals surface area contributed by atoms with Crippen LogP contribution in [0.15, 0.2) is 54.7 Å². The lowest BCUT2D eigenvalue weighted by atomic mass is 9.93. The van der Waals surface area contributed by atoms with E-state index in [-0.39, 0.29) is 12.5 Å². The molecule has 2 heterocycles. The van der Waals surface area contributed by atoms with E-state index in [4.69, 9.17) is 5.11 Å². The Morgan fingerprint density at radius 3 is 2.48 bits per heavy atom. The number of amides is 2. The van der Waals surface area contributed by atoms with E-state index in [1.165, 1.54) is 5.69 Å². The number of benzene rings is 2. The topological polar surface area (TPSA) is 84.9 Å². The lowest BCUT2D eigenvalue weighted by molar-refractivity contribution is -0.114. The number of rotatable bonds is 7. The smallest absolute Gasteiger partial charge is 0.260 e. The minimum atomic E-state index is -0.421. The molecule has 2 amide bonds. The molecule has 3 N–H and O–H groups in total. The van der Waals surface area contributed by atoms with Gasteiger partial charge in [0.15, 0.2) is 0 Å². The molecular formula is C26H30N4O3. The number of nitrogens with zero attached hydrogens (tertiary/aromatic N) is 2. The summed E-state index contributed by atoms with van der Waals surface area (Å²) in [5.74, 6) is -0.810. The van der Waals surface area contributed by atoms with Crippen LogP contribution in [0.1, 0.15) is 34.3 Å². The van der Waals surface area contributed by atoms with Crippen molar-refractivity contribution in [3.8, 4) is 0 Å². The van der Waals surface area contributed by atoms with Crippen LogP contribution in [0, 0.1) is 0 Å². The lowest BCUT2D eigenvalue weighted by Gasteiger charge is -2.34. The summed E-state index contributed by atoms with van der Waals surface area (Å²) in [5.41, 5.74) is 4.45. The fraction of sp³-hybridized carbons (Fsp3) is 0.308. The molecule has 7 nitrogen and oxygen atoms in total. The van der Waals surface area contributed by atoms with Gasteiger partial charge in [-0.05, 0) is 61.9 Å². The summed E-state index contributed by atoms with van der Waals surface area (Å²) >= 11 is 0. The number of allylic oxidation sites excluding steroid dienone is 1. The zero-order valence-electron chi connectivity index (χ0n) is 18.9. The molecule has 0 aromatic heterocycles. The van der Waals surface area contributed by atoms with Crippen LogP contribution in [0.3, 0.4) is 0 Å². The maximum atomic E-state index is 12.6. The molecule has 7 heteroatoms. The molecule has 0 unspecified atom stereocenters. The standard InChI is InChI=1S/C26H30N4O3/c1-29-12-14-30(15-13-29)21-9-7-20(8-10-21)27-18-24-23-17-19(5-3-2-4-16-31)6-11-22(23)25(32)28-26(24)33/h3,5-11,17-18,27,31H,2,4,12-16H2,1H3,(H,28,32,33)/b5-3+,24-18-. The second-order valence-corrected chi connectivity index (χ2v) is 8.40. The monoisotopic (exact) mass is 446 g/mol. The highest BCUT2D eigenvalue weighted by Crippen LogP contribution is 2.27. The first-order valence-electron chi connectivity index (χ1n) is 11.3. The SMILES string of the molecule is CN1CCN(c2ccc(N/C=C3\C(=O)NC(=O)c4ccc(/C=C/CCCO)cc43)cc2)CC1. The number of likely N-dealkylation sites (N-methyl/N-ethyl adjacent to an activating group) is 1. The number of carbonyl (C=O) groups is 2. The van der Waals surface area contributed by atoms with E-state index in [2.05, 4.69) is 39.6 Å². The van der Waals surface area contributed by atoms with Crippen LogP contribution in [0.2, 0.25) is 0 Å². The fourth-order valence-electron chi connectivity index (χ4n) is 4.01. The van der Waals surface area contributed by atoms with E-state index < -0.39 is 5.91 Å². The van der Waals surface area contributed by atoms with Crippen LogP contribution in [-0.2, 0) is 4.79 Å². The van der Waals surface area contributed by atoms with Crippen molar-refractivity contribution in [3.05, 3.63) is 71.4 Å². The van der Waals surface area contributed by atoms with Gasteiger partial charge in [0.2, 0.25) is 0 Å². The van der Waals surface area contributed by atoms with E-state index in [9.17, 15) is 9.59 Å². The number of aliphatic hydroxyl groups excluding tert-OH is 1. The third-order valence-corrected chi connectivity index (χ3v) is 6.01.